The zero-order valence-corrected chi connectivity index (χ0v) is 21.8. The Morgan fingerprint density at radius 3 is 2.59 bits per heavy atom. The third-order valence-corrected chi connectivity index (χ3v) is 6.87. The summed E-state index contributed by atoms with van der Waals surface area (Å²) < 4.78 is 34.5. The van der Waals surface area contributed by atoms with E-state index in [1.54, 1.807) is 56.3 Å². The van der Waals surface area contributed by atoms with Crippen LogP contribution in [-0.2, 0) is 14.8 Å². The molecule has 0 saturated carbocycles. The molecule has 0 aliphatic heterocycles. The van der Waals surface area contributed by atoms with E-state index in [4.69, 9.17) is 22.1 Å². The molecule has 4 rings (SSSR count). The number of hydrogen-bond donors (Lipinski definition) is 4. The number of fused-ring (bicyclic) bond motifs is 1. The highest BCUT2D eigenvalue weighted by Gasteiger charge is 2.23. The van der Waals surface area contributed by atoms with E-state index in [0.29, 0.717) is 27.5 Å². The molecule has 0 aliphatic rings. The number of aromatic amines is 1. The van der Waals surface area contributed by atoms with Crippen LogP contribution < -0.4 is 26.0 Å². The van der Waals surface area contributed by atoms with Crippen LogP contribution in [0.5, 0.6) is 5.75 Å². The minimum absolute atomic E-state index is 0.0462. The molecule has 10 nitrogen and oxygen atoms in total. The van der Waals surface area contributed by atoms with Gasteiger partial charge in [-0.05, 0) is 56.3 Å². The summed E-state index contributed by atoms with van der Waals surface area (Å²) in [5, 5.41) is 2.96. The van der Waals surface area contributed by atoms with Crippen molar-refractivity contribution in [3.05, 3.63) is 77.2 Å². The molecule has 3 aromatic carbocycles. The smallest absolute Gasteiger partial charge is 0.263 e. The van der Waals surface area contributed by atoms with Crippen molar-refractivity contribution in [1.82, 2.24) is 9.97 Å². The first-order valence-electron chi connectivity index (χ1n) is 11.1. The Hall–Kier alpha value is -3.93. The van der Waals surface area contributed by atoms with Gasteiger partial charge >= 0.3 is 0 Å². The van der Waals surface area contributed by atoms with E-state index in [9.17, 15) is 13.2 Å². The maximum atomic E-state index is 13.4. The first-order valence-corrected chi connectivity index (χ1v) is 12.9. The Morgan fingerprint density at radius 2 is 1.86 bits per heavy atom. The Kier molecular flexibility index (Phi) is 7.21. The van der Waals surface area contributed by atoms with Crippen LogP contribution in [0.4, 0.5) is 17.2 Å². The number of amides is 1. The van der Waals surface area contributed by atoms with Crippen LogP contribution in [0.15, 0.2) is 76.6 Å². The fraction of sp³-hybridized carbons (Fsp3) is 0.160. The number of rotatable bonds is 7. The van der Waals surface area contributed by atoms with E-state index in [2.05, 4.69) is 25.0 Å². The second-order valence-electron chi connectivity index (χ2n) is 8.69. The zero-order valence-electron chi connectivity index (χ0n) is 20.2. The summed E-state index contributed by atoms with van der Waals surface area (Å²) in [7, 11) is -2.63. The number of halogens is 1. The van der Waals surface area contributed by atoms with Gasteiger partial charge in [-0.2, -0.15) is 0 Å². The van der Waals surface area contributed by atoms with Crippen molar-refractivity contribution in [2.75, 3.05) is 17.1 Å². The van der Waals surface area contributed by atoms with Gasteiger partial charge in [-0.15, -0.1) is 0 Å². The summed E-state index contributed by atoms with van der Waals surface area (Å²) in [6.07, 6.45) is 0. The molecule has 0 bridgehead atoms. The molecule has 5 N–H and O–H groups in total. The summed E-state index contributed by atoms with van der Waals surface area (Å²) in [6, 6.07) is 17.8. The number of para-hydroxylation sites is 2. The molecule has 0 unspecified atom stereocenters. The average molecular weight is 541 g/mol. The highest BCUT2D eigenvalue weighted by atomic mass is 35.5. The van der Waals surface area contributed by atoms with Gasteiger partial charge in [0.15, 0.2) is 11.3 Å². The number of nitrogens with one attached hydrogen (secondary N) is 3. The van der Waals surface area contributed by atoms with E-state index >= 15 is 0 Å². The van der Waals surface area contributed by atoms with Gasteiger partial charge in [0.25, 0.3) is 10.0 Å². The lowest BCUT2D eigenvalue weighted by Crippen LogP contribution is -2.45. The van der Waals surface area contributed by atoms with Gasteiger partial charge in [-0.3, -0.25) is 9.52 Å². The van der Waals surface area contributed by atoms with E-state index < -0.39 is 21.5 Å². The lowest BCUT2D eigenvalue weighted by Gasteiger charge is -2.18. The fourth-order valence-corrected chi connectivity index (χ4v) is 4.45. The number of methoxy groups -OCH3 is 1. The second-order valence-corrected chi connectivity index (χ2v) is 10.8. The number of sulfonamides is 1. The number of carbonyl (C=O) groups is 1. The molecule has 4 aromatic rings. The molecule has 12 heteroatoms. The molecule has 0 atom stereocenters. The van der Waals surface area contributed by atoms with E-state index in [0.717, 1.165) is 0 Å². The molecule has 0 spiro atoms. The van der Waals surface area contributed by atoms with Crippen molar-refractivity contribution < 1.29 is 17.9 Å². The van der Waals surface area contributed by atoms with E-state index in [1.807, 2.05) is 6.07 Å². The van der Waals surface area contributed by atoms with Gasteiger partial charge < -0.3 is 20.8 Å². The van der Waals surface area contributed by atoms with E-state index in [-0.39, 0.29) is 21.9 Å². The van der Waals surface area contributed by atoms with Crippen molar-refractivity contribution in [3.63, 3.8) is 0 Å². The van der Waals surface area contributed by atoms with Crippen LogP contribution in [0.2, 0.25) is 5.02 Å². The number of carbonyl (C=O) groups excluding carboxylic acids is 1. The minimum Gasteiger partial charge on any atom is -0.497 e. The summed E-state index contributed by atoms with van der Waals surface area (Å²) in [6.45, 7) is 3.10. The van der Waals surface area contributed by atoms with Gasteiger partial charge in [0, 0.05) is 11.8 Å². The first kappa shape index (κ1) is 26.1. The topological polar surface area (TPSA) is 152 Å². The van der Waals surface area contributed by atoms with Crippen LogP contribution in [0.3, 0.4) is 0 Å². The predicted molar refractivity (Wildman–Crippen MR) is 143 cm³/mol. The second kappa shape index (κ2) is 10.2. The standard InChI is InChI=1S/C25H25ClN6O4S/c1-25(2,27)24(33)28-15-7-6-8-17(13-15)37(34,35)32-23-22(29-19-9-4-5-10-20(19)30-23)31-21-14-16(36-3)11-12-18(21)26/h4-14H,27H2,1-3H3,(H,28,33)(H,29,31)(H,30,32). The van der Waals surface area contributed by atoms with Crippen LogP contribution in [-0.4, -0.2) is 36.9 Å². The number of nitrogens with two attached hydrogens (primary N) is 1. The monoisotopic (exact) mass is 540 g/mol. The Bertz CT molecular complexity index is 1660. The first-order chi connectivity index (χ1) is 17.5. The van der Waals surface area contributed by atoms with Crippen molar-refractivity contribution in [2.24, 2.45) is 10.7 Å². The van der Waals surface area contributed by atoms with Crippen molar-refractivity contribution in [2.45, 2.75) is 24.3 Å². The summed E-state index contributed by atoms with van der Waals surface area (Å²) in [5.74, 6) is 0.0192. The third kappa shape index (κ3) is 6.08. The maximum Gasteiger partial charge on any atom is 0.263 e. The number of aromatic nitrogens is 2. The lowest BCUT2D eigenvalue weighted by molar-refractivity contribution is -0.120. The maximum absolute atomic E-state index is 13.4. The van der Waals surface area contributed by atoms with Crippen molar-refractivity contribution >= 4 is 55.8 Å². The number of hydrogen-bond acceptors (Lipinski definition) is 7. The molecule has 0 fully saturated rings. The zero-order chi connectivity index (χ0) is 26.8. The van der Waals surface area contributed by atoms with Gasteiger partial charge in [0.05, 0.1) is 39.3 Å². The fourth-order valence-electron chi connectivity index (χ4n) is 3.23. The highest BCUT2D eigenvalue weighted by Crippen LogP contribution is 2.29. The Morgan fingerprint density at radius 1 is 1.11 bits per heavy atom. The van der Waals surface area contributed by atoms with Gasteiger partial charge in [-0.1, -0.05) is 29.8 Å². The number of anilines is 2. The van der Waals surface area contributed by atoms with Crippen LogP contribution in [0, 0.1) is 0 Å². The quantitative estimate of drug-likeness (QED) is 0.279. The van der Waals surface area contributed by atoms with Gasteiger partial charge in [0.1, 0.15) is 5.75 Å². The average Bonchev–Trinajstić information content (AvgIpc) is 2.85. The molecular formula is C25H25ClN6O4S. The molecule has 0 radical (unpaired) electrons. The van der Waals surface area contributed by atoms with Crippen LogP contribution in [0.1, 0.15) is 13.8 Å². The molecule has 0 aliphatic carbocycles. The van der Waals surface area contributed by atoms with Crippen molar-refractivity contribution in [1.29, 1.82) is 0 Å². The molecule has 37 heavy (non-hydrogen) atoms. The third-order valence-electron chi connectivity index (χ3n) is 5.22. The Balaban J connectivity index is 1.79. The lowest BCUT2D eigenvalue weighted by atomic mass is 10.1. The highest BCUT2D eigenvalue weighted by molar-refractivity contribution is 7.92. The predicted octanol–water partition coefficient (Wildman–Crippen LogP) is 3.93. The van der Waals surface area contributed by atoms with Crippen LogP contribution in [0.25, 0.3) is 11.0 Å². The summed E-state index contributed by atoms with van der Waals surface area (Å²) in [5.41, 5.74) is 6.59. The van der Waals surface area contributed by atoms with E-state index in [1.165, 1.54) is 25.3 Å². The molecule has 1 aromatic heterocycles. The molecule has 192 valence electrons. The number of benzene rings is 3. The SMILES string of the molecule is COc1ccc(Cl)c(/N=c2\[nH]c3ccccc3nc2NS(=O)(=O)c2cccc(NC(=O)C(C)(C)N)c2)c1. The molecule has 1 heterocycles. The summed E-state index contributed by atoms with van der Waals surface area (Å²) in [4.78, 5) is 24.3. The number of H-pyrrole nitrogens is 1. The molecule has 1 amide bonds. The minimum atomic E-state index is -4.15. The molecular weight excluding hydrogens is 516 g/mol. The number of ether oxygens (including phenoxy) is 1. The van der Waals surface area contributed by atoms with Gasteiger partial charge in [0.2, 0.25) is 5.91 Å². The largest absolute Gasteiger partial charge is 0.497 e. The molecule has 0 saturated heterocycles. The number of nitrogens with zero attached hydrogens (tertiary/aromatic N) is 2. The Labute approximate surface area is 218 Å². The van der Waals surface area contributed by atoms with Crippen LogP contribution >= 0.6 is 11.6 Å². The normalized spacial score (nSPS) is 12.4. The van der Waals surface area contributed by atoms with Crippen molar-refractivity contribution in [3.8, 4) is 5.75 Å². The van der Waals surface area contributed by atoms with Gasteiger partial charge in [-0.25, -0.2) is 18.4 Å². The summed E-state index contributed by atoms with van der Waals surface area (Å²) >= 11 is 6.33.